The summed E-state index contributed by atoms with van der Waals surface area (Å²) in [5.41, 5.74) is 8.61. The van der Waals surface area contributed by atoms with Gasteiger partial charge in [0.05, 0.1) is 18.4 Å². The number of nitrogens with two attached hydrogens (primary N) is 1. The minimum absolute atomic E-state index is 0.111. The Balaban J connectivity index is 1.43. The zero-order chi connectivity index (χ0) is 22.2. The van der Waals surface area contributed by atoms with Gasteiger partial charge < -0.3 is 15.8 Å². The number of carbonyl (C=O) groups is 2. The van der Waals surface area contributed by atoms with Crippen LogP contribution in [0.4, 0.5) is 0 Å². The van der Waals surface area contributed by atoms with E-state index in [9.17, 15) is 9.59 Å². The summed E-state index contributed by atoms with van der Waals surface area (Å²) in [6, 6.07) is 16.4. The Morgan fingerprint density at radius 3 is 2.81 bits per heavy atom. The van der Waals surface area contributed by atoms with Gasteiger partial charge in [-0.15, -0.1) is 10.5 Å². The van der Waals surface area contributed by atoms with Gasteiger partial charge in [0.15, 0.2) is 5.17 Å². The first-order valence-electron chi connectivity index (χ1n) is 10.3. The molecule has 1 saturated carbocycles. The quantitative estimate of drug-likeness (QED) is 0.586. The molecule has 3 atom stereocenters. The summed E-state index contributed by atoms with van der Waals surface area (Å²) in [5, 5.41) is 6.99. The topological polar surface area (TPSA) is 107 Å². The number of fused-ring (bicyclic) bond motifs is 1. The molecule has 32 heavy (non-hydrogen) atoms. The molecule has 0 saturated heterocycles. The minimum atomic E-state index is -0.593. The molecular formula is C24H22N4O3S. The normalized spacial score (nSPS) is 22.1. The monoisotopic (exact) mass is 446 g/mol. The van der Waals surface area contributed by atoms with Crippen LogP contribution in [0.25, 0.3) is 10.9 Å². The molecule has 1 aromatic heterocycles. The number of rotatable bonds is 5. The fourth-order valence-corrected chi connectivity index (χ4v) is 5.67. The number of methoxy groups -OCH3 is 1. The fourth-order valence-electron chi connectivity index (χ4n) is 4.01. The van der Waals surface area contributed by atoms with Gasteiger partial charge in [-0.25, -0.2) is 0 Å². The Morgan fingerprint density at radius 2 is 2.06 bits per heavy atom. The van der Waals surface area contributed by atoms with E-state index in [1.807, 2.05) is 41.8 Å². The van der Waals surface area contributed by atoms with Crippen LogP contribution < -0.4 is 15.8 Å². The van der Waals surface area contributed by atoms with Crippen molar-refractivity contribution in [2.45, 2.75) is 18.4 Å². The van der Waals surface area contributed by atoms with Gasteiger partial charge in [-0.05, 0) is 35.0 Å². The Bertz CT molecular complexity index is 1300. The van der Waals surface area contributed by atoms with E-state index in [0.717, 1.165) is 17.2 Å². The van der Waals surface area contributed by atoms with Crippen LogP contribution in [0.5, 0.6) is 5.75 Å². The molecule has 162 valence electrons. The largest absolute Gasteiger partial charge is 0.495 e. The molecule has 2 aromatic carbocycles. The van der Waals surface area contributed by atoms with E-state index in [1.165, 1.54) is 18.9 Å². The van der Waals surface area contributed by atoms with Crippen LogP contribution in [0.3, 0.4) is 0 Å². The average molecular weight is 447 g/mol. The van der Waals surface area contributed by atoms with Crippen molar-refractivity contribution < 1.29 is 14.3 Å². The van der Waals surface area contributed by atoms with E-state index in [1.54, 1.807) is 0 Å². The number of benzene rings is 2. The molecule has 3 aromatic rings. The standard InChI is InChI=1S/C24H22N4O3S/c1-31-22-17-9-14(7-8-19(17)26-11-18(22)23(25)30)12-32-13-21(29)28-24(32)27-20-10-16(20)15-5-3-2-4-6-15/h2-9,11-12,16,20H,10,13H2,1H3,(H2,25,30)(H,27,28,29)/t16-,20+,32?/m0/s1. The molecule has 2 aliphatic rings. The minimum Gasteiger partial charge on any atom is -0.495 e. The van der Waals surface area contributed by atoms with Crippen molar-refractivity contribution in [2.24, 2.45) is 10.7 Å². The Labute approximate surface area is 187 Å². The molecule has 2 heterocycles. The van der Waals surface area contributed by atoms with E-state index in [2.05, 4.69) is 27.4 Å². The second-order valence-electron chi connectivity index (χ2n) is 7.85. The van der Waals surface area contributed by atoms with E-state index in [-0.39, 0.29) is 11.5 Å². The van der Waals surface area contributed by atoms with Crippen molar-refractivity contribution in [3.8, 4) is 5.75 Å². The number of pyridine rings is 1. The van der Waals surface area contributed by atoms with E-state index < -0.39 is 16.4 Å². The summed E-state index contributed by atoms with van der Waals surface area (Å²) in [6.07, 6.45) is 2.46. The Kier molecular flexibility index (Phi) is 5.22. The molecule has 1 aliphatic carbocycles. The van der Waals surface area contributed by atoms with Crippen LogP contribution >= 0.6 is 10.5 Å². The van der Waals surface area contributed by atoms with Crippen LogP contribution in [-0.2, 0) is 4.79 Å². The van der Waals surface area contributed by atoms with Gasteiger partial charge in [-0.1, -0.05) is 36.4 Å². The number of aromatic nitrogens is 1. The Hall–Kier alpha value is -3.52. The number of carbonyl (C=O) groups excluding carboxylic acids is 2. The smallest absolute Gasteiger partial charge is 0.258 e. The Morgan fingerprint density at radius 1 is 1.25 bits per heavy atom. The molecule has 2 amide bonds. The SMILES string of the molecule is COc1c(C(N)=O)cnc2ccc(/C=S3/CC(=O)N=C3N[C@@H]3C[C@H]3c3ccccc3)cc12. The third-order valence-corrected chi connectivity index (χ3v) is 7.49. The van der Waals surface area contributed by atoms with Crippen LogP contribution in [0.15, 0.2) is 59.7 Å². The molecule has 1 fully saturated rings. The van der Waals surface area contributed by atoms with E-state index >= 15 is 0 Å². The summed E-state index contributed by atoms with van der Waals surface area (Å²) in [4.78, 5) is 32.4. The first-order valence-corrected chi connectivity index (χ1v) is 11.7. The van der Waals surface area contributed by atoms with Gasteiger partial charge in [0.2, 0.25) is 0 Å². The van der Waals surface area contributed by atoms with Gasteiger partial charge >= 0.3 is 0 Å². The summed E-state index contributed by atoms with van der Waals surface area (Å²) in [7, 11) is 1.05. The highest BCUT2D eigenvalue weighted by Gasteiger charge is 2.40. The molecule has 7 nitrogen and oxygen atoms in total. The molecule has 5 rings (SSSR count). The number of primary amides is 1. The van der Waals surface area contributed by atoms with Gasteiger partial charge in [-0.3, -0.25) is 14.6 Å². The van der Waals surface area contributed by atoms with Crippen LogP contribution in [0.1, 0.15) is 33.8 Å². The molecule has 0 spiro atoms. The predicted octanol–water partition coefficient (Wildman–Crippen LogP) is 2.80. The van der Waals surface area contributed by atoms with Gasteiger partial charge in [0.25, 0.3) is 11.8 Å². The lowest BCUT2D eigenvalue weighted by Crippen LogP contribution is -2.24. The number of amidine groups is 1. The molecule has 8 heteroatoms. The summed E-state index contributed by atoms with van der Waals surface area (Å²) in [5.74, 6) is 0.507. The number of hydrogen-bond donors (Lipinski definition) is 2. The van der Waals surface area contributed by atoms with Crippen molar-refractivity contribution in [1.82, 2.24) is 10.3 Å². The lowest BCUT2D eigenvalue weighted by Gasteiger charge is -2.11. The van der Waals surface area contributed by atoms with Gasteiger partial charge in [-0.2, -0.15) is 4.99 Å². The second-order valence-corrected chi connectivity index (χ2v) is 9.62. The van der Waals surface area contributed by atoms with Gasteiger partial charge in [0, 0.05) is 23.5 Å². The maximum atomic E-state index is 12.1. The third-order valence-electron chi connectivity index (χ3n) is 5.67. The van der Waals surface area contributed by atoms with Gasteiger partial charge in [0.1, 0.15) is 11.3 Å². The van der Waals surface area contributed by atoms with Crippen LogP contribution in [0, 0.1) is 0 Å². The van der Waals surface area contributed by atoms with Crippen LogP contribution in [0.2, 0.25) is 0 Å². The number of hydrogen-bond acceptors (Lipinski definition) is 5. The molecule has 1 unspecified atom stereocenters. The van der Waals surface area contributed by atoms with Crippen molar-refractivity contribution in [1.29, 1.82) is 0 Å². The first kappa shape index (κ1) is 20.4. The van der Waals surface area contributed by atoms with Crippen molar-refractivity contribution in [3.05, 3.63) is 71.4 Å². The van der Waals surface area contributed by atoms with E-state index in [4.69, 9.17) is 10.5 Å². The summed E-state index contributed by atoms with van der Waals surface area (Å²) >= 11 is 0. The predicted molar refractivity (Wildman–Crippen MR) is 128 cm³/mol. The van der Waals surface area contributed by atoms with E-state index in [0.29, 0.717) is 34.4 Å². The molecule has 0 bridgehead atoms. The maximum Gasteiger partial charge on any atom is 0.258 e. The molecule has 0 radical (unpaired) electrons. The molecule has 1 aliphatic heterocycles. The first-order chi connectivity index (χ1) is 15.5. The highest BCUT2D eigenvalue weighted by Crippen LogP contribution is 2.41. The zero-order valence-corrected chi connectivity index (χ0v) is 18.3. The fraction of sp³-hybridized carbons (Fsp3) is 0.208. The number of amides is 2. The van der Waals surface area contributed by atoms with Crippen LogP contribution in [-0.4, -0.2) is 46.2 Å². The number of nitrogens with one attached hydrogen (secondary N) is 1. The molecular weight excluding hydrogens is 424 g/mol. The number of aliphatic imine (C=N–C) groups is 1. The van der Waals surface area contributed by atoms with Crippen molar-refractivity contribution in [2.75, 3.05) is 12.9 Å². The highest BCUT2D eigenvalue weighted by molar-refractivity contribution is 8.28. The number of ether oxygens (including phenoxy) is 1. The maximum absolute atomic E-state index is 12.1. The molecule has 3 N–H and O–H groups in total. The highest BCUT2D eigenvalue weighted by atomic mass is 32.2. The average Bonchev–Trinajstić information content (AvgIpc) is 3.48. The third kappa shape index (κ3) is 3.89. The van der Waals surface area contributed by atoms with Crippen molar-refractivity contribution >= 4 is 43.7 Å². The lowest BCUT2D eigenvalue weighted by atomic mass is 10.1. The lowest BCUT2D eigenvalue weighted by molar-refractivity contribution is -0.115. The summed E-state index contributed by atoms with van der Waals surface area (Å²) < 4.78 is 5.46. The number of nitrogens with zero attached hydrogens (tertiary/aromatic N) is 2. The summed E-state index contributed by atoms with van der Waals surface area (Å²) in [6.45, 7) is 0. The second kappa shape index (κ2) is 8.20. The van der Waals surface area contributed by atoms with Crippen molar-refractivity contribution in [3.63, 3.8) is 0 Å². The zero-order valence-electron chi connectivity index (χ0n) is 17.4.